The SMILES string of the molecule is COC(C)=NS[C@H]1c2cc(C#N)ccc2OC(C)(C)[C@@H]1O[Si](C)(C)C(C)(C)C. The summed E-state index contributed by atoms with van der Waals surface area (Å²) in [5.74, 6) is 1.38. The van der Waals surface area contributed by atoms with Crippen molar-refractivity contribution >= 4 is 26.2 Å². The van der Waals surface area contributed by atoms with Crippen LogP contribution < -0.4 is 4.74 Å². The van der Waals surface area contributed by atoms with E-state index < -0.39 is 13.9 Å². The van der Waals surface area contributed by atoms with Gasteiger partial charge in [0.2, 0.25) is 0 Å². The molecule has 1 aromatic rings. The van der Waals surface area contributed by atoms with Crippen LogP contribution in [0.5, 0.6) is 5.75 Å². The second kappa shape index (κ2) is 8.09. The molecule has 0 aliphatic carbocycles. The number of nitriles is 1. The van der Waals surface area contributed by atoms with Crippen LogP contribution in [-0.2, 0) is 9.16 Å². The molecule has 1 aliphatic rings. The van der Waals surface area contributed by atoms with Gasteiger partial charge < -0.3 is 13.9 Å². The van der Waals surface area contributed by atoms with Crippen molar-refractivity contribution < 1.29 is 13.9 Å². The van der Waals surface area contributed by atoms with Crippen molar-refractivity contribution in [1.82, 2.24) is 0 Å². The molecule has 1 aromatic carbocycles. The first-order chi connectivity index (χ1) is 12.8. The van der Waals surface area contributed by atoms with E-state index in [1.807, 2.05) is 19.1 Å². The average molecular weight is 421 g/mol. The topological polar surface area (TPSA) is 63.8 Å². The molecule has 0 radical (unpaired) electrons. The molecule has 0 unspecified atom stereocenters. The first kappa shape index (κ1) is 22.8. The molecule has 7 heteroatoms. The van der Waals surface area contributed by atoms with E-state index in [0.717, 1.165) is 11.3 Å². The molecule has 0 N–H and O–H groups in total. The van der Waals surface area contributed by atoms with Gasteiger partial charge >= 0.3 is 0 Å². The van der Waals surface area contributed by atoms with Crippen LogP contribution in [0.2, 0.25) is 18.1 Å². The standard InChI is InChI=1S/C21H32N2O3SSi/c1-14(24-7)23-27-18-16-12-15(13-22)10-11-17(16)25-21(5,6)19(18)26-28(8,9)20(2,3)4/h10-12,18-19H,1-9H3/t18-,19+/m0/s1. The third-order valence-corrected chi connectivity index (χ3v) is 11.1. The van der Waals surface area contributed by atoms with E-state index in [1.165, 1.54) is 11.9 Å². The van der Waals surface area contributed by atoms with Gasteiger partial charge in [0.1, 0.15) is 17.5 Å². The zero-order valence-corrected chi connectivity index (χ0v) is 20.2. The van der Waals surface area contributed by atoms with Crippen LogP contribution >= 0.6 is 11.9 Å². The van der Waals surface area contributed by atoms with Crippen molar-refractivity contribution in [2.45, 2.75) is 76.6 Å². The maximum atomic E-state index is 9.37. The molecule has 0 aromatic heterocycles. The Morgan fingerprint density at radius 3 is 2.50 bits per heavy atom. The van der Waals surface area contributed by atoms with Gasteiger partial charge in [-0.1, -0.05) is 20.8 Å². The Hall–Kier alpha value is -1.49. The predicted molar refractivity (Wildman–Crippen MR) is 118 cm³/mol. The van der Waals surface area contributed by atoms with E-state index in [1.54, 1.807) is 13.2 Å². The number of hydrogen-bond donors (Lipinski definition) is 0. The third kappa shape index (κ3) is 4.73. The predicted octanol–water partition coefficient (Wildman–Crippen LogP) is 5.87. The highest BCUT2D eigenvalue weighted by Gasteiger charge is 2.50. The lowest BCUT2D eigenvalue weighted by atomic mass is 9.90. The number of benzene rings is 1. The molecule has 154 valence electrons. The fourth-order valence-electron chi connectivity index (χ4n) is 2.78. The van der Waals surface area contributed by atoms with Crippen LogP contribution in [0.3, 0.4) is 0 Å². The Balaban J connectivity index is 2.56. The van der Waals surface area contributed by atoms with Gasteiger partial charge in [-0.05, 0) is 62.1 Å². The highest BCUT2D eigenvalue weighted by molar-refractivity contribution is 7.98. The number of hydrogen-bond acceptors (Lipinski definition) is 6. The van der Waals surface area contributed by atoms with E-state index in [9.17, 15) is 5.26 Å². The second-order valence-electron chi connectivity index (χ2n) is 9.21. The number of nitrogens with zero attached hydrogens (tertiary/aromatic N) is 2. The Labute approximate surface area is 174 Å². The number of rotatable bonds is 4. The Morgan fingerprint density at radius 2 is 1.96 bits per heavy atom. The van der Waals surface area contributed by atoms with Crippen molar-refractivity contribution in [3.63, 3.8) is 0 Å². The van der Waals surface area contributed by atoms with Crippen molar-refractivity contribution in [1.29, 1.82) is 5.26 Å². The molecule has 0 spiro atoms. The second-order valence-corrected chi connectivity index (χ2v) is 14.9. The number of ether oxygens (including phenoxy) is 2. The van der Waals surface area contributed by atoms with E-state index in [2.05, 4.69) is 58.2 Å². The number of fused-ring (bicyclic) bond motifs is 1. The molecular weight excluding hydrogens is 388 g/mol. The minimum atomic E-state index is -2.07. The van der Waals surface area contributed by atoms with Crippen LogP contribution in [0, 0.1) is 11.3 Å². The molecule has 0 saturated carbocycles. The van der Waals surface area contributed by atoms with Gasteiger partial charge in [-0.3, -0.25) is 0 Å². The van der Waals surface area contributed by atoms with Crippen LogP contribution in [0.1, 0.15) is 57.9 Å². The van der Waals surface area contributed by atoms with Crippen LogP contribution in [0.4, 0.5) is 0 Å². The summed E-state index contributed by atoms with van der Waals surface area (Å²) in [6, 6.07) is 7.78. The molecule has 0 bridgehead atoms. The summed E-state index contributed by atoms with van der Waals surface area (Å²) in [7, 11) is -0.459. The van der Waals surface area contributed by atoms with Crippen molar-refractivity contribution in [2.75, 3.05) is 7.11 Å². The molecule has 0 amide bonds. The first-order valence-electron chi connectivity index (χ1n) is 9.47. The highest BCUT2D eigenvalue weighted by atomic mass is 32.2. The molecule has 28 heavy (non-hydrogen) atoms. The van der Waals surface area contributed by atoms with E-state index in [4.69, 9.17) is 13.9 Å². The van der Waals surface area contributed by atoms with Gasteiger partial charge in [0, 0.05) is 12.5 Å². The monoisotopic (exact) mass is 420 g/mol. The molecular formula is C21H32N2O3SSi. The smallest absolute Gasteiger partial charge is 0.192 e. The molecule has 5 nitrogen and oxygen atoms in total. The fraction of sp³-hybridized carbons (Fsp3) is 0.619. The van der Waals surface area contributed by atoms with E-state index in [0.29, 0.717) is 11.5 Å². The van der Waals surface area contributed by atoms with Crippen LogP contribution in [-0.4, -0.2) is 33.0 Å². The Morgan fingerprint density at radius 1 is 1.32 bits per heavy atom. The molecule has 1 aliphatic heterocycles. The molecule has 2 rings (SSSR count). The van der Waals surface area contributed by atoms with E-state index >= 15 is 0 Å². The lowest BCUT2D eigenvalue weighted by Gasteiger charge is -2.49. The molecule has 1 heterocycles. The maximum absolute atomic E-state index is 9.37. The lowest BCUT2D eigenvalue weighted by molar-refractivity contribution is -0.0354. The Kier molecular flexibility index (Phi) is 6.59. The van der Waals surface area contributed by atoms with Crippen molar-refractivity contribution in [3.05, 3.63) is 29.3 Å². The van der Waals surface area contributed by atoms with Gasteiger partial charge in [0.05, 0.1) is 24.0 Å². The lowest BCUT2D eigenvalue weighted by Crippen LogP contribution is -2.56. The van der Waals surface area contributed by atoms with Gasteiger partial charge in [0.15, 0.2) is 14.2 Å². The molecule has 0 saturated heterocycles. The third-order valence-electron chi connectivity index (χ3n) is 5.60. The van der Waals surface area contributed by atoms with Gasteiger partial charge in [-0.2, -0.15) is 9.66 Å². The van der Waals surface area contributed by atoms with Gasteiger partial charge in [-0.25, -0.2) is 0 Å². The Bertz CT molecular complexity index is 794. The minimum Gasteiger partial charge on any atom is -0.485 e. The van der Waals surface area contributed by atoms with Gasteiger partial charge in [0.25, 0.3) is 0 Å². The summed E-state index contributed by atoms with van der Waals surface area (Å²) < 4.78 is 23.0. The van der Waals surface area contributed by atoms with Gasteiger partial charge in [-0.15, -0.1) is 0 Å². The zero-order valence-electron chi connectivity index (χ0n) is 18.4. The van der Waals surface area contributed by atoms with Crippen LogP contribution in [0.25, 0.3) is 0 Å². The molecule has 0 fully saturated rings. The number of methoxy groups -OCH3 is 1. The largest absolute Gasteiger partial charge is 0.485 e. The quantitative estimate of drug-likeness (QED) is 0.264. The average Bonchev–Trinajstić information content (AvgIpc) is 2.59. The first-order valence-corrected chi connectivity index (χ1v) is 13.2. The summed E-state index contributed by atoms with van der Waals surface area (Å²) in [6.45, 7) is 17.1. The fourth-order valence-corrected chi connectivity index (χ4v) is 5.42. The van der Waals surface area contributed by atoms with Crippen molar-refractivity contribution in [2.24, 2.45) is 4.40 Å². The zero-order chi connectivity index (χ0) is 21.3. The minimum absolute atomic E-state index is 0.0682. The summed E-state index contributed by atoms with van der Waals surface area (Å²) >= 11 is 1.42. The van der Waals surface area contributed by atoms with E-state index in [-0.39, 0.29) is 16.4 Å². The molecule has 2 atom stereocenters. The summed E-state index contributed by atoms with van der Waals surface area (Å²) in [5, 5.41) is 9.34. The summed E-state index contributed by atoms with van der Waals surface area (Å²) in [5.41, 5.74) is 1.01. The normalized spacial score (nSPS) is 22.1. The van der Waals surface area contributed by atoms with Crippen LogP contribution in [0.15, 0.2) is 22.6 Å². The summed E-state index contributed by atoms with van der Waals surface area (Å²) in [6.07, 6.45) is -0.215. The van der Waals surface area contributed by atoms with Crippen molar-refractivity contribution in [3.8, 4) is 11.8 Å². The highest BCUT2D eigenvalue weighted by Crippen LogP contribution is 2.51. The maximum Gasteiger partial charge on any atom is 0.192 e. The summed E-state index contributed by atoms with van der Waals surface area (Å²) in [4.78, 5) is 0.